The van der Waals surface area contributed by atoms with Gasteiger partial charge >= 0.3 is 5.97 Å². The van der Waals surface area contributed by atoms with Crippen LogP contribution in [0, 0.1) is 11.3 Å². The van der Waals surface area contributed by atoms with E-state index in [1.165, 1.54) is 19.1 Å². The van der Waals surface area contributed by atoms with Crippen molar-refractivity contribution >= 4 is 29.2 Å². The first-order valence-electron chi connectivity index (χ1n) is 7.33. The van der Waals surface area contributed by atoms with Gasteiger partial charge in [0.1, 0.15) is 6.07 Å². The van der Waals surface area contributed by atoms with Crippen LogP contribution in [0.25, 0.3) is 0 Å². The highest BCUT2D eigenvalue weighted by Gasteiger charge is 2.12. The molecule has 0 unspecified atom stereocenters. The third-order valence-electron chi connectivity index (χ3n) is 3.07. The molecule has 2 aromatic carbocycles. The van der Waals surface area contributed by atoms with Crippen molar-refractivity contribution in [2.75, 3.05) is 17.2 Å². The van der Waals surface area contributed by atoms with Gasteiger partial charge in [-0.25, -0.2) is 4.79 Å². The highest BCUT2D eigenvalue weighted by atomic mass is 16.5. The Hall–Kier alpha value is -3.66. The monoisotopic (exact) mass is 337 g/mol. The number of hydrogen-bond donors (Lipinski definition) is 2. The van der Waals surface area contributed by atoms with Crippen LogP contribution < -0.4 is 10.6 Å². The van der Waals surface area contributed by atoms with E-state index < -0.39 is 18.5 Å². The highest BCUT2D eigenvalue weighted by Crippen LogP contribution is 2.14. The third kappa shape index (κ3) is 5.18. The van der Waals surface area contributed by atoms with Crippen LogP contribution in [0.4, 0.5) is 11.4 Å². The fourth-order valence-electron chi connectivity index (χ4n) is 2.02. The van der Waals surface area contributed by atoms with Gasteiger partial charge < -0.3 is 15.4 Å². The molecule has 0 atom stereocenters. The number of benzene rings is 2. The fraction of sp³-hybridized carbons (Fsp3) is 0.111. The van der Waals surface area contributed by atoms with Crippen molar-refractivity contribution in [3.63, 3.8) is 0 Å². The molecule has 0 saturated heterocycles. The molecule has 2 rings (SSSR count). The first-order valence-corrected chi connectivity index (χ1v) is 7.33. The summed E-state index contributed by atoms with van der Waals surface area (Å²) in [6.07, 6.45) is 0. The van der Waals surface area contributed by atoms with Crippen molar-refractivity contribution in [2.24, 2.45) is 0 Å². The number of nitrogens with zero attached hydrogens (tertiary/aromatic N) is 1. The Labute approximate surface area is 144 Å². The number of carbonyl (C=O) groups excluding carboxylic acids is 3. The molecule has 0 saturated carbocycles. The largest absolute Gasteiger partial charge is 0.452 e. The molecular formula is C18H15N3O4. The number of nitrogens with one attached hydrogen (secondary N) is 2. The molecule has 2 amide bonds. The number of carbonyl (C=O) groups is 3. The first kappa shape index (κ1) is 17.7. The molecule has 7 heteroatoms. The normalized spacial score (nSPS) is 9.60. The first-order chi connectivity index (χ1) is 12.0. The molecule has 2 aromatic rings. The molecule has 2 N–H and O–H groups in total. The van der Waals surface area contributed by atoms with Gasteiger partial charge in [-0.05, 0) is 30.3 Å². The van der Waals surface area contributed by atoms with Crippen molar-refractivity contribution in [1.82, 2.24) is 0 Å². The molecule has 0 aliphatic carbocycles. The van der Waals surface area contributed by atoms with Gasteiger partial charge in [0.15, 0.2) is 6.61 Å². The minimum absolute atomic E-state index is 0.205. The molecule has 0 radical (unpaired) electrons. The standard InChI is InChI=1S/C18H15N3O4/c1-12(22)20-15-7-4-6-13(9-15)18(24)25-11-17(23)21-16-8-3-2-5-14(16)10-19/h2-9H,11H2,1H3,(H,20,22)(H,21,23). The zero-order valence-corrected chi connectivity index (χ0v) is 13.4. The van der Waals surface area contributed by atoms with E-state index in [2.05, 4.69) is 10.6 Å². The number of hydrogen-bond acceptors (Lipinski definition) is 5. The second kappa shape index (κ2) is 8.26. The lowest BCUT2D eigenvalue weighted by atomic mass is 10.2. The summed E-state index contributed by atoms with van der Waals surface area (Å²) in [5.74, 6) is -1.52. The van der Waals surface area contributed by atoms with E-state index in [1.807, 2.05) is 6.07 Å². The fourth-order valence-corrected chi connectivity index (χ4v) is 2.02. The number of nitriles is 1. The molecule has 0 aliphatic heterocycles. The topological polar surface area (TPSA) is 108 Å². The summed E-state index contributed by atoms with van der Waals surface area (Å²) >= 11 is 0. The Bertz CT molecular complexity index is 855. The SMILES string of the molecule is CC(=O)Nc1cccc(C(=O)OCC(=O)Nc2ccccc2C#N)c1. The van der Waals surface area contributed by atoms with Gasteiger partial charge in [-0.2, -0.15) is 5.26 Å². The Morgan fingerprint density at radius 1 is 1.08 bits per heavy atom. The van der Waals surface area contributed by atoms with Gasteiger partial charge in [0.25, 0.3) is 5.91 Å². The van der Waals surface area contributed by atoms with Crippen LogP contribution in [0.1, 0.15) is 22.8 Å². The number of anilines is 2. The molecule has 0 aromatic heterocycles. The summed E-state index contributed by atoms with van der Waals surface area (Å²) in [5.41, 5.74) is 1.31. The number of esters is 1. The number of rotatable bonds is 5. The lowest BCUT2D eigenvalue weighted by Gasteiger charge is -2.08. The summed E-state index contributed by atoms with van der Waals surface area (Å²) in [6.45, 7) is 0.859. The number of amides is 2. The Balaban J connectivity index is 1.94. The maximum Gasteiger partial charge on any atom is 0.338 e. The van der Waals surface area contributed by atoms with Crippen LogP contribution in [0.5, 0.6) is 0 Å². The smallest absolute Gasteiger partial charge is 0.338 e. The number of ether oxygens (including phenoxy) is 1. The van der Waals surface area contributed by atoms with Gasteiger partial charge in [0.2, 0.25) is 5.91 Å². The van der Waals surface area contributed by atoms with Crippen LogP contribution in [0.15, 0.2) is 48.5 Å². The van der Waals surface area contributed by atoms with Gasteiger partial charge in [-0.15, -0.1) is 0 Å². The molecular weight excluding hydrogens is 322 g/mol. The van der Waals surface area contributed by atoms with E-state index in [1.54, 1.807) is 36.4 Å². The molecule has 7 nitrogen and oxygen atoms in total. The van der Waals surface area contributed by atoms with E-state index in [9.17, 15) is 14.4 Å². The van der Waals surface area contributed by atoms with Crippen LogP contribution in [-0.4, -0.2) is 24.4 Å². The van der Waals surface area contributed by atoms with E-state index in [0.29, 0.717) is 16.9 Å². The minimum Gasteiger partial charge on any atom is -0.452 e. The van der Waals surface area contributed by atoms with Crippen molar-refractivity contribution in [2.45, 2.75) is 6.92 Å². The predicted octanol–water partition coefficient (Wildman–Crippen LogP) is 2.31. The molecule has 0 aliphatic rings. The van der Waals surface area contributed by atoms with Crippen molar-refractivity contribution < 1.29 is 19.1 Å². The van der Waals surface area contributed by atoms with Crippen LogP contribution in [0.2, 0.25) is 0 Å². The quantitative estimate of drug-likeness (QED) is 0.814. The Kier molecular flexibility index (Phi) is 5.85. The summed E-state index contributed by atoms with van der Waals surface area (Å²) in [4.78, 5) is 34.9. The van der Waals surface area contributed by atoms with Crippen molar-refractivity contribution in [3.05, 3.63) is 59.7 Å². The summed E-state index contributed by atoms with van der Waals surface area (Å²) < 4.78 is 4.95. The van der Waals surface area contributed by atoms with Crippen molar-refractivity contribution in [3.8, 4) is 6.07 Å². The average Bonchev–Trinajstić information content (AvgIpc) is 2.60. The van der Waals surface area contributed by atoms with Crippen molar-refractivity contribution in [1.29, 1.82) is 5.26 Å². The molecule has 0 bridgehead atoms. The third-order valence-corrected chi connectivity index (χ3v) is 3.07. The van der Waals surface area contributed by atoms with Crippen LogP contribution in [0.3, 0.4) is 0 Å². The summed E-state index contributed by atoms with van der Waals surface area (Å²) in [7, 11) is 0. The maximum absolute atomic E-state index is 12.0. The molecule has 0 heterocycles. The van der Waals surface area contributed by atoms with E-state index in [-0.39, 0.29) is 11.5 Å². The second-order valence-electron chi connectivity index (χ2n) is 5.04. The number of para-hydroxylation sites is 1. The molecule has 25 heavy (non-hydrogen) atoms. The molecule has 126 valence electrons. The second-order valence-corrected chi connectivity index (χ2v) is 5.04. The summed E-state index contributed by atoms with van der Waals surface area (Å²) in [6, 6.07) is 14.6. The Morgan fingerprint density at radius 2 is 1.84 bits per heavy atom. The Morgan fingerprint density at radius 3 is 2.56 bits per heavy atom. The predicted molar refractivity (Wildman–Crippen MR) is 90.8 cm³/mol. The summed E-state index contributed by atoms with van der Waals surface area (Å²) in [5, 5.41) is 14.0. The van der Waals surface area contributed by atoms with Gasteiger partial charge in [-0.1, -0.05) is 18.2 Å². The van der Waals surface area contributed by atoms with Gasteiger partial charge in [0, 0.05) is 12.6 Å². The lowest BCUT2D eigenvalue weighted by Crippen LogP contribution is -2.21. The molecule has 0 fully saturated rings. The minimum atomic E-state index is -0.698. The van der Waals surface area contributed by atoms with Gasteiger partial charge in [-0.3, -0.25) is 9.59 Å². The van der Waals surface area contributed by atoms with E-state index in [0.717, 1.165) is 0 Å². The molecule has 0 spiro atoms. The van der Waals surface area contributed by atoms with Crippen LogP contribution >= 0.6 is 0 Å². The van der Waals surface area contributed by atoms with Gasteiger partial charge in [0.05, 0.1) is 16.8 Å². The van der Waals surface area contributed by atoms with Crippen LogP contribution in [-0.2, 0) is 14.3 Å². The lowest BCUT2D eigenvalue weighted by molar-refractivity contribution is -0.119. The highest BCUT2D eigenvalue weighted by molar-refractivity contribution is 5.97. The van der Waals surface area contributed by atoms with E-state index in [4.69, 9.17) is 10.00 Å². The zero-order chi connectivity index (χ0) is 18.2. The zero-order valence-electron chi connectivity index (χ0n) is 13.4. The van der Waals surface area contributed by atoms with E-state index >= 15 is 0 Å². The average molecular weight is 337 g/mol. The maximum atomic E-state index is 12.0.